The van der Waals surface area contributed by atoms with Crippen LogP contribution in [-0.4, -0.2) is 56.4 Å². The summed E-state index contributed by atoms with van der Waals surface area (Å²) >= 11 is 0. The standard InChI is InChI=1S/C11H23N3O/c1-15-8-5-13-11(9-12)4-7-14-6-2-3-10(11)14/h10,13H,2-9,12H2,1H3. The summed E-state index contributed by atoms with van der Waals surface area (Å²) < 4.78 is 5.09. The van der Waals surface area contributed by atoms with Crippen molar-refractivity contribution in [1.29, 1.82) is 0 Å². The average molecular weight is 213 g/mol. The molecule has 0 radical (unpaired) electrons. The summed E-state index contributed by atoms with van der Waals surface area (Å²) in [5.74, 6) is 0. The third-order valence-corrected chi connectivity index (χ3v) is 3.99. The van der Waals surface area contributed by atoms with Gasteiger partial charge in [-0.3, -0.25) is 4.90 Å². The number of hydrogen-bond donors (Lipinski definition) is 2. The van der Waals surface area contributed by atoms with Gasteiger partial charge < -0.3 is 15.8 Å². The molecule has 3 N–H and O–H groups in total. The van der Waals surface area contributed by atoms with Crippen LogP contribution in [-0.2, 0) is 4.74 Å². The van der Waals surface area contributed by atoms with E-state index in [4.69, 9.17) is 10.5 Å². The molecule has 0 saturated carbocycles. The fourth-order valence-electron chi connectivity index (χ4n) is 3.15. The molecule has 0 amide bonds. The molecule has 0 aromatic heterocycles. The van der Waals surface area contributed by atoms with Crippen molar-refractivity contribution in [1.82, 2.24) is 10.2 Å². The first kappa shape index (κ1) is 11.3. The van der Waals surface area contributed by atoms with Crippen LogP contribution in [0, 0.1) is 0 Å². The van der Waals surface area contributed by atoms with E-state index in [1.807, 2.05) is 0 Å². The SMILES string of the molecule is COCCNC1(CN)CCN2CCCC21. The fraction of sp³-hybridized carbons (Fsp3) is 1.00. The van der Waals surface area contributed by atoms with Crippen LogP contribution in [0.3, 0.4) is 0 Å². The molecule has 88 valence electrons. The maximum absolute atomic E-state index is 5.98. The zero-order valence-electron chi connectivity index (χ0n) is 9.67. The number of nitrogens with zero attached hydrogens (tertiary/aromatic N) is 1. The van der Waals surface area contributed by atoms with Gasteiger partial charge in [0.15, 0.2) is 0 Å². The molecule has 2 aliphatic rings. The highest BCUT2D eigenvalue weighted by Gasteiger charge is 2.47. The molecular formula is C11H23N3O. The Morgan fingerprint density at radius 3 is 3.13 bits per heavy atom. The summed E-state index contributed by atoms with van der Waals surface area (Å²) in [6, 6.07) is 0.666. The summed E-state index contributed by atoms with van der Waals surface area (Å²) in [4.78, 5) is 2.59. The van der Waals surface area contributed by atoms with Gasteiger partial charge in [-0.2, -0.15) is 0 Å². The molecule has 15 heavy (non-hydrogen) atoms. The largest absolute Gasteiger partial charge is 0.383 e. The monoisotopic (exact) mass is 213 g/mol. The number of hydrogen-bond acceptors (Lipinski definition) is 4. The van der Waals surface area contributed by atoms with E-state index < -0.39 is 0 Å². The third kappa shape index (κ3) is 2.04. The summed E-state index contributed by atoms with van der Waals surface area (Å²) in [6.45, 7) is 4.91. The molecule has 2 heterocycles. The number of ether oxygens (including phenoxy) is 1. The lowest BCUT2D eigenvalue weighted by atomic mass is 9.88. The number of nitrogens with one attached hydrogen (secondary N) is 1. The Hall–Kier alpha value is -0.160. The Labute approximate surface area is 92.1 Å². The predicted octanol–water partition coefficient (Wildman–Crippen LogP) is -0.212. The van der Waals surface area contributed by atoms with Crippen LogP contribution in [0.2, 0.25) is 0 Å². The van der Waals surface area contributed by atoms with Crippen LogP contribution >= 0.6 is 0 Å². The molecule has 0 aliphatic carbocycles. The molecule has 2 rings (SSSR count). The van der Waals surface area contributed by atoms with Crippen molar-refractivity contribution in [3.63, 3.8) is 0 Å². The molecule has 2 aliphatic heterocycles. The van der Waals surface area contributed by atoms with E-state index in [0.29, 0.717) is 6.04 Å². The van der Waals surface area contributed by atoms with E-state index in [2.05, 4.69) is 10.2 Å². The second-order valence-corrected chi connectivity index (χ2v) is 4.72. The molecule has 4 nitrogen and oxygen atoms in total. The number of fused-ring (bicyclic) bond motifs is 1. The lowest BCUT2D eigenvalue weighted by molar-refractivity contribution is 0.171. The Morgan fingerprint density at radius 2 is 2.40 bits per heavy atom. The lowest BCUT2D eigenvalue weighted by Crippen LogP contribution is -2.58. The highest BCUT2D eigenvalue weighted by Crippen LogP contribution is 2.35. The number of rotatable bonds is 5. The van der Waals surface area contributed by atoms with Crippen molar-refractivity contribution in [2.75, 3.05) is 39.9 Å². The van der Waals surface area contributed by atoms with E-state index in [1.165, 1.54) is 32.4 Å². The van der Waals surface area contributed by atoms with E-state index in [-0.39, 0.29) is 5.54 Å². The Kier molecular flexibility index (Phi) is 3.61. The zero-order chi connectivity index (χ0) is 10.7. The Bertz CT molecular complexity index is 212. The second-order valence-electron chi connectivity index (χ2n) is 4.72. The molecule has 0 spiro atoms. The van der Waals surface area contributed by atoms with Gasteiger partial charge in [-0.25, -0.2) is 0 Å². The highest BCUT2D eigenvalue weighted by atomic mass is 16.5. The molecule has 0 aromatic carbocycles. The minimum Gasteiger partial charge on any atom is -0.383 e. The minimum atomic E-state index is 0.162. The number of nitrogens with two attached hydrogens (primary N) is 1. The van der Waals surface area contributed by atoms with Crippen molar-refractivity contribution in [3.05, 3.63) is 0 Å². The lowest BCUT2D eigenvalue weighted by Gasteiger charge is -2.35. The molecular weight excluding hydrogens is 190 g/mol. The summed E-state index contributed by atoms with van der Waals surface area (Å²) in [6.07, 6.45) is 3.83. The van der Waals surface area contributed by atoms with Crippen molar-refractivity contribution < 1.29 is 4.74 Å². The first-order chi connectivity index (χ1) is 7.32. The summed E-state index contributed by atoms with van der Waals surface area (Å²) in [5.41, 5.74) is 6.14. The van der Waals surface area contributed by atoms with E-state index in [1.54, 1.807) is 7.11 Å². The summed E-state index contributed by atoms with van der Waals surface area (Å²) in [7, 11) is 1.74. The van der Waals surface area contributed by atoms with Crippen molar-refractivity contribution in [2.45, 2.75) is 30.8 Å². The predicted molar refractivity (Wildman–Crippen MR) is 60.9 cm³/mol. The van der Waals surface area contributed by atoms with Crippen molar-refractivity contribution >= 4 is 0 Å². The van der Waals surface area contributed by atoms with E-state index in [0.717, 1.165) is 19.7 Å². The van der Waals surface area contributed by atoms with Gasteiger partial charge in [0.2, 0.25) is 0 Å². The Morgan fingerprint density at radius 1 is 1.53 bits per heavy atom. The van der Waals surface area contributed by atoms with Crippen LogP contribution in [0.4, 0.5) is 0 Å². The topological polar surface area (TPSA) is 50.5 Å². The van der Waals surface area contributed by atoms with Gasteiger partial charge in [0.05, 0.1) is 6.61 Å². The van der Waals surface area contributed by atoms with Crippen LogP contribution in [0.15, 0.2) is 0 Å². The van der Waals surface area contributed by atoms with E-state index >= 15 is 0 Å². The third-order valence-electron chi connectivity index (χ3n) is 3.99. The van der Waals surface area contributed by atoms with Crippen LogP contribution in [0.1, 0.15) is 19.3 Å². The molecule has 2 saturated heterocycles. The molecule has 0 bridgehead atoms. The maximum atomic E-state index is 5.98. The van der Waals surface area contributed by atoms with Gasteiger partial charge in [0, 0.05) is 38.3 Å². The molecule has 2 unspecified atom stereocenters. The van der Waals surface area contributed by atoms with Gasteiger partial charge >= 0.3 is 0 Å². The quantitative estimate of drug-likeness (QED) is 0.620. The maximum Gasteiger partial charge on any atom is 0.0587 e. The second kappa shape index (κ2) is 4.78. The fourth-order valence-corrected chi connectivity index (χ4v) is 3.15. The van der Waals surface area contributed by atoms with Crippen LogP contribution in [0.25, 0.3) is 0 Å². The highest BCUT2D eigenvalue weighted by molar-refractivity contribution is 5.08. The molecule has 2 atom stereocenters. The first-order valence-electron chi connectivity index (χ1n) is 6.00. The van der Waals surface area contributed by atoms with Gasteiger partial charge in [-0.05, 0) is 25.8 Å². The minimum absolute atomic E-state index is 0.162. The van der Waals surface area contributed by atoms with Crippen molar-refractivity contribution in [2.24, 2.45) is 5.73 Å². The summed E-state index contributed by atoms with van der Waals surface area (Å²) in [5, 5.41) is 3.63. The van der Waals surface area contributed by atoms with E-state index in [9.17, 15) is 0 Å². The zero-order valence-corrected chi connectivity index (χ0v) is 9.67. The normalized spacial score (nSPS) is 36.0. The van der Waals surface area contributed by atoms with Gasteiger partial charge in [-0.15, -0.1) is 0 Å². The first-order valence-corrected chi connectivity index (χ1v) is 6.00. The smallest absolute Gasteiger partial charge is 0.0587 e. The number of methoxy groups -OCH3 is 1. The van der Waals surface area contributed by atoms with Gasteiger partial charge in [-0.1, -0.05) is 0 Å². The van der Waals surface area contributed by atoms with Gasteiger partial charge in [0.1, 0.15) is 0 Å². The van der Waals surface area contributed by atoms with Crippen LogP contribution in [0.5, 0.6) is 0 Å². The Balaban J connectivity index is 1.95. The molecule has 2 fully saturated rings. The molecule has 0 aromatic rings. The van der Waals surface area contributed by atoms with Crippen LogP contribution < -0.4 is 11.1 Å². The molecule has 4 heteroatoms. The van der Waals surface area contributed by atoms with Gasteiger partial charge in [0.25, 0.3) is 0 Å². The average Bonchev–Trinajstić information content (AvgIpc) is 2.82. The van der Waals surface area contributed by atoms with Crippen molar-refractivity contribution in [3.8, 4) is 0 Å².